The highest BCUT2D eigenvalue weighted by Crippen LogP contribution is 2.39. The molecular formula is C14H16ClN3OS. The van der Waals surface area contributed by atoms with Gasteiger partial charge in [-0.05, 0) is 19.2 Å². The maximum absolute atomic E-state index is 6.25. The van der Waals surface area contributed by atoms with Crippen molar-refractivity contribution in [2.45, 2.75) is 17.0 Å². The molecular weight excluding hydrogens is 294 g/mol. The molecule has 1 aromatic heterocycles. The fourth-order valence-corrected chi connectivity index (χ4v) is 3.79. The van der Waals surface area contributed by atoms with Crippen LogP contribution in [-0.2, 0) is 7.05 Å². The summed E-state index contributed by atoms with van der Waals surface area (Å²) >= 11 is 8.06. The normalized spacial score (nSPS) is 19.2. The minimum atomic E-state index is 0.0101. The third-order valence-electron chi connectivity index (χ3n) is 3.45. The van der Waals surface area contributed by atoms with E-state index in [0.717, 1.165) is 17.2 Å². The van der Waals surface area contributed by atoms with Crippen LogP contribution in [0.2, 0.25) is 5.02 Å². The van der Waals surface area contributed by atoms with Gasteiger partial charge < -0.3 is 10.1 Å². The number of rotatable bonds is 3. The van der Waals surface area contributed by atoms with E-state index in [2.05, 4.69) is 16.5 Å². The van der Waals surface area contributed by atoms with E-state index in [1.807, 2.05) is 44.1 Å². The Morgan fingerprint density at radius 1 is 1.50 bits per heavy atom. The number of ether oxygens (including phenoxy) is 1. The van der Waals surface area contributed by atoms with Crippen molar-refractivity contribution in [1.29, 1.82) is 0 Å². The summed E-state index contributed by atoms with van der Waals surface area (Å²) in [5.41, 5.74) is 0.958. The van der Waals surface area contributed by atoms with Gasteiger partial charge in [0.2, 0.25) is 0 Å². The van der Waals surface area contributed by atoms with Gasteiger partial charge in [0.05, 0.1) is 23.0 Å². The van der Waals surface area contributed by atoms with E-state index >= 15 is 0 Å². The molecule has 1 aliphatic rings. The average molecular weight is 310 g/mol. The Kier molecular flexibility index (Phi) is 3.92. The molecule has 2 heterocycles. The number of aromatic nitrogens is 2. The number of nitrogens with one attached hydrogen (secondary N) is 1. The first-order chi connectivity index (χ1) is 9.70. The molecule has 0 saturated carbocycles. The van der Waals surface area contributed by atoms with Crippen LogP contribution >= 0.6 is 23.4 Å². The first-order valence-electron chi connectivity index (χ1n) is 6.44. The second-order valence-electron chi connectivity index (χ2n) is 4.68. The molecule has 0 spiro atoms. The number of likely N-dealkylation sites (N-methyl/N-ethyl adjacent to an activating group) is 1. The van der Waals surface area contributed by atoms with Crippen molar-refractivity contribution in [1.82, 2.24) is 15.1 Å². The van der Waals surface area contributed by atoms with Gasteiger partial charge >= 0.3 is 0 Å². The molecule has 4 nitrogen and oxygen atoms in total. The molecule has 6 heteroatoms. The largest absolute Gasteiger partial charge is 0.486 e. The Morgan fingerprint density at radius 2 is 2.30 bits per heavy atom. The fraction of sp³-hybridized carbons (Fsp3) is 0.357. The van der Waals surface area contributed by atoms with Crippen molar-refractivity contribution in [2.75, 3.05) is 12.8 Å². The number of fused-ring (bicyclic) bond motifs is 1. The Morgan fingerprint density at radius 3 is 3.00 bits per heavy atom. The summed E-state index contributed by atoms with van der Waals surface area (Å²) < 4.78 is 7.94. The quantitative estimate of drug-likeness (QED) is 0.946. The molecule has 20 heavy (non-hydrogen) atoms. The first kappa shape index (κ1) is 13.8. The van der Waals surface area contributed by atoms with Gasteiger partial charge in [-0.25, -0.2) is 0 Å². The van der Waals surface area contributed by atoms with Gasteiger partial charge in [0.15, 0.2) is 0 Å². The molecule has 2 unspecified atom stereocenters. The van der Waals surface area contributed by atoms with E-state index < -0.39 is 0 Å². The molecule has 106 valence electrons. The summed E-state index contributed by atoms with van der Waals surface area (Å²) in [6, 6.07) is 8.13. The fourth-order valence-electron chi connectivity index (χ4n) is 2.47. The number of aryl methyl sites for hydroxylation is 1. The number of hydrogen-bond acceptors (Lipinski definition) is 4. The van der Waals surface area contributed by atoms with Crippen LogP contribution in [0.5, 0.6) is 5.75 Å². The standard InChI is InChI=1S/C14H16ClN3OS/c1-16-13(14-9(15)7-17-18(14)2)11-8-20-12-6-4-3-5-10(12)19-11/h3-7,11,13,16H,8H2,1-2H3. The Labute approximate surface area is 127 Å². The molecule has 0 radical (unpaired) electrons. The van der Waals surface area contributed by atoms with Crippen LogP contribution in [0.1, 0.15) is 11.7 Å². The van der Waals surface area contributed by atoms with Gasteiger partial charge in [0.1, 0.15) is 11.9 Å². The predicted molar refractivity (Wildman–Crippen MR) is 81.6 cm³/mol. The number of benzene rings is 1. The Hall–Kier alpha value is -1.17. The Balaban J connectivity index is 1.89. The van der Waals surface area contributed by atoms with Crippen molar-refractivity contribution >= 4 is 23.4 Å². The number of halogens is 1. The molecule has 0 bridgehead atoms. The third kappa shape index (κ3) is 2.41. The molecule has 2 aromatic rings. The van der Waals surface area contributed by atoms with E-state index in [1.54, 1.807) is 10.9 Å². The van der Waals surface area contributed by atoms with Crippen molar-refractivity contribution in [2.24, 2.45) is 7.05 Å². The lowest BCUT2D eigenvalue weighted by atomic mass is 10.1. The summed E-state index contributed by atoms with van der Waals surface area (Å²) in [4.78, 5) is 1.19. The van der Waals surface area contributed by atoms with Gasteiger partial charge in [-0.1, -0.05) is 23.7 Å². The van der Waals surface area contributed by atoms with Gasteiger partial charge in [-0.2, -0.15) is 5.10 Å². The van der Waals surface area contributed by atoms with E-state index in [9.17, 15) is 0 Å². The summed E-state index contributed by atoms with van der Waals surface area (Å²) in [5.74, 6) is 1.82. The zero-order chi connectivity index (χ0) is 14.1. The second-order valence-corrected chi connectivity index (χ2v) is 6.15. The van der Waals surface area contributed by atoms with E-state index in [0.29, 0.717) is 5.02 Å². The third-order valence-corrected chi connectivity index (χ3v) is 4.88. The lowest BCUT2D eigenvalue weighted by Gasteiger charge is -2.31. The number of hydrogen-bond donors (Lipinski definition) is 1. The van der Waals surface area contributed by atoms with Gasteiger partial charge in [-0.3, -0.25) is 4.68 Å². The summed E-state index contributed by atoms with van der Waals surface area (Å²) in [7, 11) is 3.82. The highest BCUT2D eigenvalue weighted by atomic mass is 35.5. The molecule has 0 amide bonds. The minimum Gasteiger partial charge on any atom is -0.486 e. The molecule has 1 N–H and O–H groups in total. The van der Waals surface area contributed by atoms with Gasteiger partial charge in [0.25, 0.3) is 0 Å². The van der Waals surface area contributed by atoms with Crippen LogP contribution in [0.15, 0.2) is 35.4 Å². The highest BCUT2D eigenvalue weighted by Gasteiger charge is 2.31. The minimum absolute atomic E-state index is 0.0101. The molecule has 1 aromatic carbocycles. The lowest BCUT2D eigenvalue weighted by molar-refractivity contribution is 0.167. The predicted octanol–water partition coefficient (Wildman–Crippen LogP) is 2.89. The zero-order valence-electron chi connectivity index (χ0n) is 11.3. The van der Waals surface area contributed by atoms with Gasteiger partial charge in [0, 0.05) is 17.7 Å². The maximum Gasteiger partial charge on any atom is 0.133 e. The molecule has 0 aliphatic carbocycles. The van der Waals surface area contributed by atoms with Crippen molar-refractivity contribution in [3.8, 4) is 5.75 Å². The number of thioether (sulfide) groups is 1. The average Bonchev–Trinajstić information content (AvgIpc) is 2.80. The summed E-state index contributed by atoms with van der Waals surface area (Å²) in [6.45, 7) is 0. The van der Waals surface area contributed by atoms with Crippen LogP contribution in [0.3, 0.4) is 0 Å². The second kappa shape index (κ2) is 5.68. The van der Waals surface area contributed by atoms with Crippen molar-refractivity contribution < 1.29 is 4.74 Å². The van der Waals surface area contributed by atoms with Crippen LogP contribution in [-0.4, -0.2) is 28.7 Å². The van der Waals surface area contributed by atoms with Gasteiger partial charge in [-0.15, -0.1) is 11.8 Å². The van der Waals surface area contributed by atoms with Crippen molar-refractivity contribution in [3.05, 3.63) is 41.2 Å². The van der Waals surface area contributed by atoms with Crippen LogP contribution < -0.4 is 10.1 Å². The highest BCUT2D eigenvalue weighted by molar-refractivity contribution is 7.99. The zero-order valence-corrected chi connectivity index (χ0v) is 12.9. The summed E-state index contributed by atoms with van der Waals surface area (Å²) in [5, 5.41) is 8.18. The maximum atomic E-state index is 6.25. The molecule has 1 aliphatic heterocycles. The SMILES string of the molecule is CNC(c1c(Cl)cnn1C)C1CSc2ccccc2O1. The van der Waals surface area contributed by atoms with Crippen LogP contribution in [0.4, 0.5) is 0 Å². The van der Waals surface area contributed by atoms with Crippen molar-refractivity contribution in [3.63, 3.8) is 0 Å². The van der Waals surface area contributed by atoms with Crippen LogP contribution in [0, 0.1) is 0 Å². The smallest absolute Gasteiger partial charge is 0.133 e. The van der Waals surface area contributed by atoms with E-state index in [1.165, 1.54) is 4.90 Å². The van der Waals surface area contributed by atoms with E-state index in [-0.39, 0.29) is 12.1 Å². The lowest BCUT2D eigenvalue weighted by Crippen LogP contribution is -2.38. The molecule has 3 rings (SSSR count). The number of para-hydroxylation sites is 1. The topological polar surface area (TPSA) is 39.1 Å². The van der Waals surface area contributed by atoms with Crippen LogP contribution in [0.25, 0.3) is 0 Å². The van der Waals surface area contributed by atoms with E-state index in [4.69, 9.17) is 16.3 Å². The first-order valence-corrected chi connectivity index (χ1v) is 7.80. The monoisotopic (exact) mass is 309 g/mol. The molecule has 0 fully saturated rings. The molecule has 0 saturated heterocycles. The summed E-state index contributed by atoms with van der Waals surface area (Å²) in [6.07, 6.45) is 1.69. The Bertz CT molecular complexity index is 597. The number of nitrogens with zero attached hydrogens (tertiary/aromatic N) is 2. The molecule has 2 atom stereocenters.